The van der Waals surface area contributed by atoms with E-state index in [0.29, 0.717) is 17.4 Å². The van der Waals surface area contributed by atoms with Crippen LogP contribution in [0.15, 0.2) is 18.2 Å². The molecule has 1 N–H and O–H groups in total. The Hall–Kier alpha value is -1.02. The Balaban J connectivity index is 2.85. The van der Waals surface area contributed by atoms with Gasteiger partial charge in [0, 0.05) is 6.04 Å². The van der Waals surface area contributed by atoms with Crippen LogP contribution in [0.4, 0.5) is 0 Å². The van der Waals surface area contributed by atoms with E-state index < -0.39 is 0 Å². The largest absolute Gasteiger partial charge is 0.496 e. The average molecular weight is 291 g/mol. The molecule has 1 rings (SSSR count). The Kier molecular flexibility index (Phi) is 6.73. The summed E-state index contributed by atoms with van der Waals surface area (Å²) in [5.41, 5.74) is 2.96. The van der Waals surface area contributed by atoms with Gasteiger partial charge >= 0.3 is 0 Å². The smallest absolute Gasteiger partial charge is 0.122 e. The standard InChI is InChI=1S/C19H33NO/c1-8-20-17(12-15(3)19(4,5)6)13-16-11-14(2)9-10-18(16)21-7/h9-11,15,17,20H,8,12-13H2,1-7H3. The lowest BCUT2D eigenvalue weighted by Crippen LogP contribution is -2.35. The molecule has 1 aromatic rings. The van der Waals surface area contributed by atoms with Crippen molar-refractivity contribution in [1.29, 1.82) is 0 Å². The van der Waals surface area contributed by atoms with Gasteiger partial charge in [0.1, 0.15) is 5.75 Å². The van der Waals surface area contributed by atoms with E-state index in [1.807, 2.05) is 0 Å². The summed E-state index contributed by atoms with van der Waals surface area (Å²) in [6.45, 7) is 14.7. The molecule has 0 saturated heterocycles. The van der Waals surface area contributed by atoms with E-state index in [2.05, 4.69) is 65.1 Å². The predicted octanol–water partition coefficient (Wildman–Crippen LogP) is 4.60. The third-order valence-electron chi connectivity index (χ3n) is 4.51. The maximum absolute atomic E-state index is 5.52. The lowest BCUT2D eigenvalue weighted by molar-refractivity contribution is 0.222. The highest BCUT2D eigenvalue weighted by Gasteiger charge is 2.24. The zero-order valence-corrected chi connectivity index (χ0v) is 14.9. The van der Waals surface area contributed by atoms with E-state index in [1.54, 1.807) is 7.11 Å². The molecular weight excluding hydrogens is 258 g/mol. The van der Waals surface area contributed by atoms with Crippen LogP contribution >= 0.6 is 0 Å². The van der Waals surface area contributed by atoms with Crippen molar-refractivity contribution in [3.8, 4) is 5.75 Å². The second kappa shape index (κ2) is 7.84. The Bertz CT molecular complexity index is 434. The topological polar surface area (TPSA) is 21.3 Å². The minimum Gasteiger partial charge on any atom is -0.496 e. The van der Waals surface area contributed by atoms with Gasteiger partial charge in [0.05, 0.1) is 7.11 Å². The molecule has 0 saturated carbocycles. The molecule has 0 aliphatic carbocycles. The van der Waals surface area contributed by atoms with Crippen molar-refractivity contribution < 1.29 is 4.74 Å². The molecule has 0 heterocycles. The number of methoxy groups -OCH3 is 1. The summed E-state index contributed by atoms with van der Waals surface area (Å²) in [4.78, 5) is 0. The zero-order chi connectivity index (χ0) is 16.0. The van der Waals surface area contributed by atoms with Crippen LogP contribution in [0.25, 0.3) is 0 Å². The number of rotatable bonds is 7. The van der Waals surface area contributed by atoms with E-state index in [9.17, 15) is 0 Å². The molecule has 1 aromatic carbocycles. The number of hydrogen-bond acceptors (Lipinski definition) is 2. The summed E-state index contributed by atoms with van der Waals surface area (Å²) in [6, 6.07) is 6.95. The highest BCUT2D eigenvalue weighted by atomic mass is 16.5. The SMILES string of the molecule is CCNC(Cc1cc(C)ccc1OC)CC(C)C(C)(C)C. The minimum absolute atomic E-state index is 0.352. The van der Waals surface area contributed by atoms with E-state index >= 15 is 0 Å². The number of ether oxygens (including phenoxy) is 1. The summed E-state index contributed by atoms with van der Waals surface area (Å²) in [5.74, 6) is 1.68. The van der Waals surface area contributed by atoms with Crippen molar-refractivity contribution in [1.82, 2.24) is 5.32 Å². The monoisotopic (exact) mass is 291 g/mol. The molecule has 2 atom stereocenters. The molecule has 120 valence electrons. The lowest BCUT2D eigenvalue weighted by Gasteiger charge is -2.31. The normalized spacial score (nSPS) is 14.8. The molecule has 2 heteroatoms. The molecule has 0 aliphatic heterocycles. The van der Waals surface area contributed by atoms with Gasteiger partial charge in [-0.25, -0.2) is 0 Å². The Morgan fingerprint density at radius 3 is 2.43 bits per heavy atom. The third-order valence-corrected chi connectivity index (χ3v) is 4.51. The van der Waals surface area contributed by atoms with Crippen LogP contribution in [0.5, 0.6) is 5.75 Å². The van der Waals surface area contributed by atoms with Gasteiger partial charge in [0.2, 0.25) is 0 Å². The van der Waals surface area contributed by atoms with Gasteiger partial charge in [-0.3, -0.25) is 0 Å². The van der Waals surface area contributed by atoms with Crippen molar-refractivity contribution in [2.75, 3.05) is 13.7 Å². The molecular formula is C19H33NO. The highest BCUT2D eigenvalue weighted by Crippen LogP contribution is 2.30. The first-order valence-electron chi connectivity index (χ1n) is 8.14. The lowest BCUT2D eigenvalue weighted by atomic mass is 9.77. The summed E-state index contributed by atoms with van der Waals surface area (Å²) >= 11 is 0. The number of benzene rings is 1. The second-order valence-corrected chi connectivity index (χ2v) is 7.28. The maximum Gasteiger partial charge on any atom is 0.122 e. The number of aryl methyl sites for hydroxylation is 1. The van der Waals surface area contributed by atoms with E-state index in [4.69, 9.17) is 4.74 Å². The molecule has 2 unspecified atom stereocenters. The van der Waals surface area contributed by atoms with Crippen LogP contribution in [-0.4, -0.2) is 19.7 Å². The van der Waals surface area contributed by atoms with Crippen LogP contribution in [-0.2, 0) is 6.42 Å². The fourth-order valence-corrected chi connectivity index (χ4v) is 2.64. The Labute approximate surface area is 131 Å². The first-order valence-corrected chi connectivity index (χ1v) is 8.14. The summed E-state index contributed by atoms with van der Waals surface area (Å²) in [7, 11) is 1.76. The van der Waals surface area contributed by atoms with E-state index in [0.717, 1.165) is 18.7 Å². The molecule has 0 spiro atoms. The molecule has 0 radical (unpaired) electrons. The van der Waals surface area contributed by atoms with Gasteiger partial charge in [-0.2, -0.15) is 0 Å². The van der Waals surface area contributed by atoms with Gasteiger partial charge in [0.15, 0.2) is 0 Å². The average Bonchev–Trinajstić information content (AvgIpc) is 2.38. The van der Waals surface area contributed by atoms with Crippen molar-refractivity contribution in [3.63, 3.8) is 0 Å². The van der Waals surface area contributed by atoms with Crippen molar-refractivity contribution >= 4 is 0 Å². The minimum atomic E-state index is 0.352. The Morgan fingerprint density at radius 2 is 1.90 bits per heavy atom. The van der Waals surface area contributed by atoms with Crippen LogP contribution in [0.3, 0.4) is 0 Å². The Morgan fingerprint density at radius 1 is 1.24 bits per heavy atom. The van der Waals surface area contributed by atoms with Crippen molar-refractivity contribution in [2.45, 2.75) is 60.4 Å². The second-order valence-electron chi connectivity index (χ2n) is 7.28. The van der Waals surface area contributed by atoms with Crippen LogP contribution < -0.4 is 10.1 Å². The molecule has 0 fully saturated rings. The molecule has 2 nitrogen and oxygen atoms in total. The molecule has 0 amide bonds. The first kappa shape index (κ1) is 18.0. The molecule has 0 aromatic heterocycles. The molecule has 0 bridgehead atoms. The highest BCUT2D eigenvalue weighted by molar-refractivity contribution is 5.37. The molecule has 21 heavy (non-hydrogen) atoms. The van der Waals surface area contributed by atoms with Gasteiger partial charge < -0.3 is 10.1 Å². The van der Waals surface area contributed by atoms with E-state index in [-0.39, 0.29) is 0 Å². The van der Waals surface area contributed by atoms with Crippen molar-refractivity contribution in [2.24, 2.45) is 11.3 Å². The fourth-order valence-electron chi connectivity index (χ4n) is 2.64. The quantitative estimate of drug-likeness (QED) is 0.793. The zero-order valence-electron chi connectivity index (χ0n) is 14.9. The predicted molar refractivity (Wildman–Crippen MR) is 92.1 cm³/mol. The fraction of sp³-hybridized carbons (Fsp3) is 0.684. The summed E-state index contributed by atoms with van der Waals surface area (Å²) in [6.07, 6.45) is 2.22. The van der Waals surface area contributed by atoms with Gasteiger partial charge in [-0.1, -0.05) is 52.3 Å². The van der Waals surface area contributed by atoms with Crippen LogP contribution in [0.2, 0.25) is 0 Å². The van der Waals surface area contributed by atoms with Gasteiger partial charge in [-0.05, 0) is 49.3 Å². The number of nitrogens with one attached hydrogen (secondary N) is 1. The third kappa shape index (κ3) is 5.70. The first-order chi connectivity index (χ1) is 9.77. The number of hydrogen-bond donors (Lipinski definition) is 1. The maximum atomic E-state index is 5.52. The molecule has 0 aliphatic rings. The van der Waals surface area contributed by atoms with E-state index in [1.165, 1.54) is 17.5 Å². The summed E-state index contributed by atoms with van der Waals surface area (Å²) < 4.78 is 5.52. The number of likely N-dealkylation sites (N-methyl/N-ethyl adjacent to an activating group) is 1. The van der Waals surface area contributed by atoms with Crippen LogP contribution in [0.1, 0.15) is 52.2 Å². The summed E-state index contributed by atoms with van der Waals surface area (Å²) in [5, 5.41) is 3.65. The van der Waals surface area contributed by atoms with Crippen LogP contribution in [0, 0.1) is 18.3 Å². The van der Waals surface area contributed by atoms with Crippen molar-refractivity contribution in [3.05, 3.63) is 29.3 Å². The van der Waals surface area contributed by atoms with Gasteiger partial charge in [0.25, 0.3) is 0 Å². The van der Waals surface area contributed by atoms with Gasteiger partial charge in [-0.15, -0.1) is 0 Å².